The first-order valence-corrected chi connectivity index (χ1v) is 7.80. The van der Waals surface area contributed by atoms with E-state index < -0.39 is 18.3 Å². The second kappa shape index (κ2) is 9.36. The number of hydrogen-bond acceptors (Lipinski definition) is 7. The number of hydrogen-bond donors (Lipinski definition) is 1. The molecule has 3 radical (unpaired) electrons. The van der Waals surface area contributed by atoms with Crippen molar-refractivity contribution in [2.45, 2.75) is 48.9 Å². The van der Waals surface area contributed by atoms with Gasteiger partial charge in [0.1, 0.15) is 32.3 Å². The highest BCUT2D eigenvalue weighted by Gasteiger charge is 2.43. The van der Waals surface area contributed by atoms with Crippen LogP contribution in [0.5, 0.6) is 0 Å². The molecule has 3 unspecified atom stereocenters. The number of ether oxygens (including phenoxy) is 6. The monoisotopic (exact) mass is 327 g/mol. The molecule has 7 atom stereocenters. The molecule has 2 aliphatic heterocycles. The summed E-state index contributed by atoms with van der Waals surface area (Å²) in [6.07, 6.45) is -1.11. The van der Waals surface area contributed by atoms with Crippen LogP contribution in [0.3, 0.4) is 0 Å². The summed E-state index contributed by atoms with van der Waals surface area (Å²) in [4.78, 5) is 0. The van der Waals surface area contributed by atoms with Crippen molar-refractivity contribution in [2.75, 3.05) is 41.0 Å². The Labute approximate surface area is 139 Å². The molecule has 2 rings (SSSR count). The minimum atomic E-state index is -0.727. The smallest absolute Gasteiger partial charge is 0.187 e. The number of aliphatic hydroxyl groups is 1. The van der Waals surface area contributed by atoms with Crippen LogP contribution in [0.4, 0.5) is 0 Å². The second-order valence-corrected chi connectivity index (χ2v) is 5.78. The van der Waals surface area contributed by atoms with Gasteiger partial charge in [-0.2, -0.15) is 0 Å². The molecular formula is C14H25B2O7. The van der Waals surface area contributed by atoms with E-state index in [9.17, 15) is 5.11 Å². The predicted octanol–water partition coefficient (Wildman–Crippen LogP) is -1.29. The van der Waals surface area contributed by atoms with Crippen LogP contribution in [0.25, 0.3) is 0 Å². The molecule has 0 aromatic rings. The fourth-order valence-electron chi connectivity index (χ4n) is 3.02. The van der Waals surface area contributed by atoms with Gasteiger partial charge in [0.2, 0.25) is 0 Å². The Balaban J connectivity index is 1.71. The normalized spacial score (nSPS) is 40.6. The Morgan fingerprint density at radius 3 is 2.57 bits per heavy atom. The van der Waals surface area contributed by atoms with E-state index in [-0.39, 0.29) is 24.2 Å². The fourth-order valence-corrected chi connectivity index (χ4v) is 3.02. The molecule has 0 aromatic heterocycles. The highest BCUT2D eigenvalue weighted by molar-refractivity contribution is 6.37. The summed E-state index contributed by atoms with van der Waals surface area (Å²) in [5, 5.41) is 10.1. The maximum atomic E-state index is 10.1. The minimum Gasteiger partial charge on any atom is -0.388 e. The number of aliphatic hydroxyl groups excluding tert-OH is 1. The molecule has 0 spiro atoms. The van der Waals surface area contributed by atoms with Crippen LogP contribution in [0.2, 0.25) is 0 Å². The highest BCUT2D eigenvalue weighted by Crippen LogP contribution is 2.24. The molecule has 7 nitrogen and oxygen atoms in total. The molecule has 23 heavy (non-hydrogen) atoms. The third kappa shape index (κ3) is 4.92. The lowest BCUT2D eigenvalue weighted by atomic mass is 9.70. The summed E-state index contributed by atoms with van der Waals surface area (Å²) in [5.74, 6) is 0. The predicted molar refractivity (Wildman–Crippen MR) is 83.7 cm³/mol. The van der Waals surface area contributed by atoms with Crippen LogP contribution >= 0.6 is 0 Å². The van der Waals surface area contributed by atoms with E-state index in [0.29, 0.717) is 26.1 Å². The third-order valence-corrected chi connectivity index (χ3v) is 4.24. The molecule has 0 amide bonds. The summed E-state index contributed by atoms with van der Waals surface area (Å²) in [5.41, 5.74) is 0. The average molecular weight is 327 g/mol. The van der Waals surface area contributed by atoms with Gasteiger partial charge in [0.15, 0.2) is 7.28 Å². The second-order valence-electron chi connectivity index (χ2n) is 5.78. The molecule has 2 fully saturated rings. The van der Waals surface area contributed by atoms with Crippen molar-refractivity contribution in [1.29, 1.82) is 0 Å². The number of methoxy groups -OCH3 is 3. The maximum absolute atomic E-state index is 10.1. The van der Waals surface area contributed by atoms with E-state index in [1.54, 1.807) is 21.3 Å². The van der Waals surface area contributed by atoms with Gasteiger partial charge in [0, 0.05) is 33.8 Å². The molecule has 9 heteroatoms. The molecule has 0 aliphatic carbocycles. The zero-order valence-electron chi connectivity index (χ0n) is 13.9. The van der Waals surface area contributed by atoms with Gasteiger partial charge < -0.3 is 33.5 Å². The Hall–Kier alpha value is -0.150. The Bertz CT molecular complexity index is 349. The van der Waals surface area contributed by atoms with E-state index in [1.807, 2.05) is 7.28 Å². The molecule has 2 saturated heterocycles. The van der Waals surface area contributed by atoms with Crippen LogP contribution in [-0.2, 0) is 28.4 Å². The Morgan fingerprint density at radius 2 is 1.91 bits per heavy atom. The quantitative estimate of drug-likeness (QED) is 0.417. The summed E-state index contributed by atoms with van der Waals surface area (Å²) >= 11 is 0. The molecule has 0 bridgehead atoms. The van der Waals surface area contributed by atoms with Gasteiger partial charge in [-0.1, -0.05) is 0 Å². The van der Waals surface area contributed by atoms with Crippen LogP contribution in [0, 0.1) is 0 Å². The van der Waals surface area contributed by atoms with Crippen LogP contribution in [0.15, 0.2) is 0 Å². The molecular weight excluding hydrogens is 302 g/mol. The highest BCUT2D eigenvalue weighted by atomic mass is 16.6. The summed E-state index contributed by atoms with van der Waals surface area (Å²) in [7, 11) is 12.3. The average Bonchev–Trinajstić information content (AvgIpc) is 3.04. The first-order chi connectivity index (χ1) is 11.1. The lowest BCUT2D eigenvalue weighted by Gasteiger charge is -2.20. The van der Waals surface area contributed by atoms with Crippen molar-refractivity contribution < 1.29 is 33.5 Å². The summed E-state index contributed by atoms with van der Waals surface area (Å²) in [6, 6.07) is -0.654. The van der Waals surface area contributed by atoms with Crippen molar-refractivity contribution in [3.05, 3.63) is 0 Å². The summed E-state index contributed by atoms with van der Waals surface area (Å²) < 4.78 is 32.6. The van der Waals surface area contributed by atoms with Gasteiger partial charge in [-0.25, -0.2) is 0 Å². The lowest BCUT2D eigenvalue weighted by molar-refractivity contribution is -0.0368. The summed E-state index contributed by atoms with van der Waals surface area (Å²) in [6.45, 7) is 1.05. The SMILES string of the molecule is [B][C@H]1CC(OC)[C@@H](COC[B][C@@H]2O[C@H](COC)C(O)C2OC)O1. The van der Waals surface area contributed by atoms with Crippen molar-refractivity contribution in [3.63, 3.8) is 0 Å². The van der Waals surface area contributed by atoms with Crippen molar-refractivity contribution >= 4 is 15.1 Å². The molecule has 0 aromatic carbocycles. The first-order valence-electron chi connectivity index (χ1n) is 7.80. The van der Waals surface area contributed by atoms with Gasteiger partial charge in [-0.05, 0) is 6.42 Å². The molecule has 129 valence electrons. The Kier molecular flexibility index (Phi) is 7.81. The largest absolute Gasteiger partial charge is 0.388 e. The van der Waals surface area contributed by atoms with E-state index in [2.05, 4.69) is 0 Å². The van der Waals surface area contributed by atoms with Crippen LogP contribution in [-0.4, -0.2) is 104 Å². The zero-order valence-corrected chi connectivity index (χ0v) is 13.9. The van der Waals surface area contributed by atoms with Crippen molar-refractivity contribution in [1.82, 2.24) is 0 Å². The maximum Gasteiger partial charge on any atom is 0.187 e. The van der Waals surface area contributed by atoms with E-state index in [0.717, 1.165) is 0 Å². The van der Waals surface area contributed by atoms with E-state index in [1.165, 1.54) is 0 Å². The molecule has 2 heterocycles. The van der Waals surface area contributed by atoms with Gasteiger partial charge in [0.05, 0.1) is 25.3 Å². The molecule has 2 aliphatic rings. The third-order valence-electron chi connectivity index (χ3n) is 4.24. The van der Waals surface area contributed by atoms with Gasteiger partial charge in [-0.15, -0.1) is 0 Å². The van der Waals surface area contributed by atoms with Gasteiger partial charge >= 0.3 is 0 Å². The molecule has 0 saturated carbocycles. The fraction of sp³-hybridized carbons (Fsp3) is 1.00. The zero-order chi connectivity index (χ0) is 16.8. The van der Waals surface area contributed by atoms with Gasteiger partial charge in [-0.3, -0.25) is 0 Å². The van der Waals surface area contributed by atoms with Crippen LogP contribution < -0.4 is 0 Å². The number of rotatable bonds is 9. The Morgan fingerprint density at radius 1 is 1.13 bits per heavy atom. The van der Waals surface area contributed by atoms with Crippen molar-refractivity contribution in [2.24, 2.45) is 0 Å². The first kappa shape index (κ1) is 19.2. The lowest BCUT2D eigenvalue weighted by Crippen LogP contribution is -2.39. The van der Waals surface area contributed by atoms with Crippen LogP contribution in [0.1, 0.15) is 6.42 Å². The van der Waals surface area contributed by atoms with E-state index in [4.69, 9.17) is 36.3 Å². The van der Waals surface area contributed by atoms with E-state index >= 15 is 0 Å². The molecule has 1 N–H and O–H groups in total. The topological polar surface area (TPSA) is 75.6 Å². The van der Waals surface area contributed by atoms with Crippen molar-refractivity contribution in [3.8, 4) is 0 Å². The minimum absolute atomic E-state index is 0.0487. The standard InChI is InChI=1S/C14H25B2O7/c1-18-5-10-12(17)13(20-3)14(23-10)16-7-21-6-9-8(19-2)4-11(15)22-9/h8-14,17H,4-7H2,1-3H3/t8?,9-,10-,11-,12?,13?,14-/m1/s1. The van der Waals surface area contributed by atoms with Gasteiger partial charge in [0.25, 0.3) is 0 Å².